The van der Waals surface area contributed by atoms with E-state index in [1.165, 1.54) is 24.0 Å². The average molecular weight is 375 g/mol. The van der Waals surface area contributed by atoms with E-state index in [1.807, 2.05) is 0 Å². The van der Waals surface area contributed by atoms with Gasteiger partial charge in [-0.25, -0.2) is 0 Å². The van der Waals surface area contributed by atoms with E-state index < -0.39 is 0 Å². The van der Waals surface area contributed by atoms with Gasteiger partial charge >= 0.3 is 0 Å². The van der Waals surface area contributed by atoms with Crippen LogP contribution in [0.25, 0.3) is 0 Å². The molecule has 27 heavy (non-hydrogen) atoms. The third-order valence-corrected chi connectivity index (χ3v) is 7.60. The second-order valence-electron chi connectivity index (χ2n) is 9.74. The number of ether oxygens (including phenoxy) is 4. The fourth-order valence-corrected chi connectivity index (χ4v) is 6.41. The van der Waals surface area contributed by atoms with Crippen molar-refractivity contribution in [2.45, 2.75) is 76.7 Å². The summed E-state index contributed by atoms with van der Waals surface area (Å²) in [6, 6.07) is 0. The van der Waals surface area contributed by atoms with Crippen molar-refractivity contribution in [3.63, 3.8) is 0 Å². The molecule has 1 aliphatic heterocycles. The molecule has 0 amide bonds. The smallest absolute Gasteiger partial charge is 0.168 e. The molecule has 1 saturated carbocycles. The molecule has 0 radical (unpaired) electrons. The first-order chi connectivity index (χ1) is 12.7. The van der Waals surface area contributed by atoms with Crippen LogP contribution < -0.4 is 14.2 Å². The third-order valence-electron chi connectivity index (χ3n) is 7.60. The van der Waals surface area contributed by atoms with Crippen molar-refractivity contribution in [2.24, 2.45) is 5.41 Å². The Bertz CT molecular complexity index is 775. The third kappa shape index (κ3) is 2.14. The van der Waals surface area contributed by atoms with E-state index in [4.69, 9.17) is 18.9 Å². The molecular formula is C23H34O4. The number of hydrogen-bond acceptors (Lipinski definition) is 4. The van der Waals surface area contributed by atoms with E-state index in [0.717, 1.165) is 35.8 Å². The molecule has 3 aliphatic rings. The highest BCUT2D eigenvalue weighted by atomic mass is 16.6. The van der Waals surface area contributed by atoms with E-state index in [0.29, 0.717) is 5.92 Å². The van der Waals surface area contributed by atoms with Crippen LogP contribution in [0, 0.1) is 5.41 Å². The van der Waals surface area contributed by atoms with Gasteiger partial charge in [-0.2, -0.15) is 0 Å². The molecule has 1 heterocycles. The lowest BCUT2D eigenvalue weighted by Crippen LogP contribution is -2.40. The number of rotatable bonds is 4. The van der Waals surface area contributed by atoms with Crippen LogP contribution in [0.1, 0.15) is 82.4 Å². The van der Waals surface area contributed by atoms with Crippen LogP contribution in [0.5, 0.6) is 17.2 Å². The largest absolute Gasteiger partial charge is 0.496 e. The minimum absolute atomic E-state index is 0.0812. The van der Waals surface area contributed by atoms with Gasteiger partial charge < -0.3 is 18.9 Å². The van der Waals surface area contributed by atoms with Crippen molar-refractivity contribution in [1.82, 2.24) is 0 Å². The summed E-state index contributed by atoms with van der Waals surface area (Å²) in [5.41, 5.74) is 3.60. The summed E-state index contributed by atoms with van der Waals surface area (Å²) in [6.07, 6.45) is 3.50. The Labute approximate surface area is 163 Å². The first-order valence-electron chi connectivity index (χ1n) is 10.2. The Kier molecular flexibility index (Phi) is 4.06. The first-order valence-corrected chi connectivity index (χ1v) is 10.2. The highest BCUT2D eigenvalue weighted by Crippen LogP contribution is 2.74. The highest BCUT2D eigenvalue weighted by Gasteiger charge is 2.74. The van der Waals surface area contributed by atoms with Gasteiger partial charge in [0.1, 0.15) is 11.4 Å². The molecule has 0 aromatic heterocycles. The summed E-state index contributed by atoms with van der Waals surface area (Å²) in [7, 11) is 5.29. The Morgan fingerprint density at radius 1 is 0.926 bits per heavy atom. The molecule has 4 rings (SSSR count). The zero-order valence-electron chi connectivity index (χ0n) is 18.1. The summed E-state index contributed by atoms with van der Waals surface area (Å²) < 4.78 is 24.4. The molecule has 4 nitrogen and oxygen atoms in total. The second kappa shape index (κ2) is 5.79. The van der Waals surface area contributed by atoms with Crippen LogP contribution in [0.15, 0.2) is 0 Å². The molecule has 4 heteroatoms. The van der Waals surface area contributed by atoms with Crippen molar-refractivity contribution in [2.75, 3.05) is 27.9 Å². The van der Waals surface area contributed by atoms with Gasteiger partial charge in [-0.15, -0.1) is 0 Å². The Morgan fingerprint density at radius 3 is 2.00 bits per heavy atom. The molecule has 1 aromatic carbocycles. The summed E-state index contributed by atoms with van der Waals surface area (Å²) in [4.78, 5) is 0. The summed E-state index contributed by atoms with van der Waals surface area (Å²) >= 11 is 0. The average Bonchev–Trinajstić information content (AvgIpc) is 3.37. The molecule has 1 spiro atoms. The van der Waals surface area contributed by atoms with Crippen LogP contribution >= 0.6 is 0 Å². The molecule has 0 unspecified atom stereocenters. The predicted octanol–water partition coefficient (Wildman–Crippen LogP) is 5.17. The number of epoxide rings is 1. The fraction of sp³-hybridized carbons (Fsp3) is 0.739. The number of benzene rings is 1. The zero-order chi connectivity index (χ0) is 19.8. The Balaban J connectivity index is 2.17. The van der Waals surface area contributed by atoms with Gasteiger partial charge in [-0.1, -0.05) is 41.0 Å². The standard InChI is InChI=1S/C23H34O4/c1-13(2)14-17(24-6)15-16(19(26-8)18(14)25-7)22(5)11-9-10-21(3,4)20(15)23(22)12-27-23/h13,20H,9-12H2,1-8H3/t20-,22-,23+/m1/s1. The summed E-state index contributed by atoms with van der Waals surface area (Å²) in [5.74, 6) is 3.26. The van der Waals surface area contributed by atoms with E-state index in [1.54, 1.807) is 21.3 Å². The van der Waals surface area contributed by atoms with Crippen LogP contribution in [-0.4, -0.2) is 33.5 Å². The predicted molar refractivity (Wildman–Crippen MR) is 107 cm³/mol. The SMILES string of the molecule is COc1c(OC)c2c(c(OC)c1C(C)C)[C@@H]1C(C)(C)CCC[C@@]2(C)[C@]12CO2. The zero-order valence-corrected chi connectivity index (χ0v) is 18.1. The van der Waals surface area contributed by atoms with E-state index in [9.17, 15) is 0 Å². The molecule has 0 N–H and O–H groups in total. The van der Waals surface area contributed by atoms with Gasteiger partial charge in [0.15, 0.2) is 11.5 Å². The van der Waals surface area contributed by atoms with Crippen LogP contribution in [0.2, 0.25) is 0 Å². The maximum absolute atomic E-state index is 6.35. The van der Waals surface area contributed by atoms with Gasteiger partial charge in [0.25, 0.3) is 0 Å². The minimum atomic E-state index is -0.142. The van der Waals surface area contributed by atoms with Crippen molar-refractivity contribution >= 4 is 0 Å². The number of methoxy groups -OCH3 is 3. The maximum atomic E-state index is 6.35. The summed E-state index contributed by atoms with van der Waals surface area (Å²) in [5, 5.41) is 0. The number of fused-ring (bicyclic) bond motifs is 3. The van der Waals surface area contributed by atoms with Gasteiger partial charge in [-0.3, -0.25) is 0 Å². The van der Waals surface area contributed by atoms with Crippen LogP contribution in [-0.2, 0) is 10.2 Å². The van der Waals surface area contributed by atoms with Crippen molar-refractivity contribution in [3.05, 3.63) is 16.7 Å². The minimum Gasteiger partial charge on any atom is -0.496 e. The Morgan fingerprint density at radius 2 is 1.52 bits per heavy atom. The van der Waals surface area contributed by atoms with Gasteiger partial charge in [0.2, 0.25) is 0 Å². The maximum Gasteiger partial charge on any atom is 0.168 e. The highest BCUT2D eigenvalue weighted by molar-refractivity contribution is 5.72. The van der Waals surface area contributed by atoms with Crippen molar-refractivity contribution in [3.8, 4) is 17.2 Å². The molecule has 2 fully saturated rings. The van der Waals surface area contributed by atoms with E-state index >= 15 is 0 Å². The molecule has 1 saturated heterocycles. The van der Waals surface area contributed by atoms with Gasteiger partial charge in [0, 0.05) is 28.0 Å². The lowest BCUT2D eigenvalue weighted by molar-refractivity contribution is 0.130. The van der Waals surface area contributed by atoms with Crippen molar-refractivity contribution in [1.29, 1.82) is 0 Å². The number of hydrogen-bond donors (Lipinski definition) is 0. The van der Waals surface area contributed by atoms with E-state index in [2.05, 4.69) is 34.6 Å². The molecule has 150 valence electrons. The monoisotopic (exact) mass is 374 g/mol. The quantitative estimate of drug-likeness (QED) is 0.682. The van der Waals surface area contributed by atoms with E-state index in [-0.39, 0.29) is 22.3 Å². The normalized spacial score (nSPS) is 33.0. The lowest BCUT2D eigenvalue weighted by Gasteiger charge is -2.36. The van der Waals surface area contributed by atoms with Gasteiger partial charge in [0.05, 0.1) is 27.9 Å². The second-order valence-corrected chi connectivity index (χ2v) is 9.74. The molecule has 2 aliphatic carbocycles. The first kappa shape index (κ1) is 18.9. The topological polar surface area (TPSA) is 40.2 Å². The van der Waals surface area contributed by atoms with Crippen LogP contribution in [0.3, 0.4) is 0 Å². The fourth-order valence-electron chi connectivity index (χ4n) is 6.41. The molecule has 1 aromatic rings. The molecular weight excluding hydrogens is 340 g/mol. The van der Waals surface area contributed by atoms with Crippen LogP contribution in [0.4, 0.5) is 0 Å². The molecule has 3 atom stereocenters. The van der Waals surface area contributed by atoms with Gasteiger partial charge in [-0.05, 0) is 24.2 Å². The van der Waals surface area contributed by atoms with Crippen molar-refractivity contribution < 1.29 is 18.9 Å². The Hall–Kier alpha value is -1.42. The lowest BCUT2D eigenvalue weighted by atomic mass is 9.67. The summed E-state index contributed by atoms with van der Waals surface area (Å²) in [6.45, 7) is 12.4. The molecule has 2 bridgehead atoms.